The molecule has 0 aliphatic carbocycles. The molecule has 0 saturated carbocycles. The summed E-state index contributed by atoms with van der Waals surface area (Å²) in [6.45, 7) is 4.22. The zero-order valence-corrected chi connectivity index (χ0v) is 22.5. The predicted octanol–water partition coefficient (Wildman–Crippen LogP) is 1.94. The average Bonchev–Trinajstić information content (AvgIpc) is 3.23. The summed E-state index contributed by atoms with van der Waals surface area (Å²) in [7, 11) is -16.5. The van der Waals surface area contributed by atoms with Gasteiger partial charge in [0.1, 0.15) is 18.0 Å². The second kappa shape index (κ2) is 12.2. The molecule has 1 radical (unpaired) electrons. The number of phosphoric acid groups is 3. The zero-order chi connectivity index (χ0) is 24.3. The minimum absolute atomic E-state index is 0. The van der Waals surface area contributed by atoms with Gasteiger partial charge in [0.2, 0.25) is 0 Å². The van der Waals surface area contributed by atoms with E-state index < -0.39 is 48.5 Å². The van der Waals surface area contributed by atoms with Crippen LogP contribution in [-0.2, 0) is 64.3 Å². The van der Waals surface area contributed by atoms with E-state index in [1.54, 1.807) is 19.2 Å². The molecule has 0 amide bonds. The summed E-state index contributed by atoms with van der Waals surface area (Å²) in [6, 6.07) is 1.58. The van der Waals surface area contributed by atoms with Gasteiger partial charge in [0.05, 0.1) is 12.7 Å². The number of fused-ring (bicyclic) bond motifs is 1. The number of nitrogens with one attached hydrogen (secondary N) is 1. The van der Waals surface area contributed by atoms with E-state index in [2.05, 4.69) is 30.0 Å². The first-order valence-electron chi connectivity index (χ1n) is 8.62. The number of hydrogen-bond donors (Lipinski definition) is 5. The molecule has 6 N–H and O–H groups in total. The van der Waals surface area contributed by atoms with Gasteiger partial charge in [0, 0.05) is 57.0 Å². The molecule has 3 unspecified atom stereocenters. The van der Waals surface area contributed by atoms with Crippen LogP contribution in [0.1, 0.15) is 19.6 Å². The van der Waals surface area contributed by atoms with Crippen molar-refractivity contribution in [3.63, 3.8) is 0 Å². The van der Waals surface area contributed by atoms with Crippen LogP contribution in [-0.4, -0.2) is 58.0 Å². The minimum Gasteiger partial charge on any atom is -0.481 e. The monoisotopic (exact) mass is 607 g/mol. The van der Waals surface area contributed by atoms with E-state index in [0.717, 1.165) is 0 Å². The molecule has 20 heteroatoms. The molecule has 3 rings (SSSR count). The molecule has 185 valence electrons. The quantitative estimate of drug-likeness (QED) is 0.213. The Balaban J connectivity index is 0.00000177. The van der Waals surface area contributed by atoms with Crippen LogP contribution >= 0.6 is 23.5 Å². The molecule has 2 aromatic rings. The fourth-order valence-corrected chi connectivity index (χ4v) is 5.74. The Kier molecular flexibility index (Phi) is 11.4. The molecule has 5 atom stereocenters. The summed E-state index contributed by atoms with van der Waals surface area (Å²) in [5, 5.41) is 10.6. The maximum atomic E-state index is 11.8. The molecular formula is C13H21N4O12P3Y-2. The number of phosphoric ester groups is 1. The van der Waals surface area contributed by atoms with Gasteiger partial charge in [-0.25, -0.2) is 18.7 Å². The van der Waals surface area contributed by atoms with E-state index in [0.29, 0.717) is 11.0 Å². The van der Waals surface area contributed by atoms with Gasteiger partial charge in [-0.2, -0.15) is 15.5 Å². The smallest absolute Gasteiger partial charge is 0.481 e. The summed E-state index contributed by atoms with van der Waals surface area (Å²) >= 11 is 0. The topological polar surface area (TPSA) is 244 Å². The van der Waals surface area contributed by atoms with Crippen molar-refractivity contribution in [3.05, 3.63) is 31.2 Å². The summed E-state index contributed by atoms with van der Waals surface area (Å²) in [5.74, 6) is -0.0125. The second-order valence-corrected chi connectivity index (χ2v) is 10.4. The van der Waals surface area contributed by atoms with E-state index >= 15 is 0 Å². The molecule has 1 aliphatic rings. The molecule has 1 saturated heterocycles. The van der Waals surface area contributed by atoms with Gasteiger partial charge >= 0.3 is 23.5 Å². The van der Waals surface area contributed by atoms with E-state index in [-0.39, 0.29) is 44.9 Å². The normalized spacial score (nSPS) is 24.3. The van der Waals surface area contributed by atoms with Crippen LogP contribution in [0.5, 0.6) is 0 Å². The Labute approximate surface area is 212 Å². The van der Waals surface area contributed by atoms with E-state index in [1.807, 2.05) is 0 Å². The van der Waals surface area contributed by atoms with Gasteiger partial charge in [-0.05, 0) is 6.07 Å². The zero-order valence-electron chi connectivity index (χ0n) is 16.9. The molecular weight excluding hydrogens is 586 g/mol. The van der Waals surface area contributed by atoms with Crippen molar-refractivity contribution < 1.29 is 89.0 Å². The average molecular weight is 607 g/mol. The molecule has 2 aromatic heterocycles. The van der Waals surface area contributed by atoms with E-state index in [1.165, 1.54) is 10.9 Å². The van der Waals surface area contributed by atoms with Crippen LogP contribution in [0.4, 0.5) is 5.82 Å². The number of nitrogens with zero attached hydrogens (tertiary/aromatic N) is 3. The largest absolute Gasteiger partial charge is 0.490 e. The number of aliphatic hydroxyl groups excluding tert-OH is 1. The van der Waals surface area contributed by atoms with Gasteiger partial charge in [-0.15, -0.1) is 0 Å². The third kappa shape index (κ3) is 8.78. The van der Waals surface area contributed by atoms with Crippen molar-refractivity contribution >= 4 is 40.3 Å². The third-order valence-electron chi connectivity index (χ3n) is 3.84. The Morgan fingerprint density at radius 1 is 1.18 bits per heavy atom. The van der Waals surface area contributed by atoms with Crippen LogP contribution in [0.3, 0.4) is 0 Å². The summed E-state index contributed by atoms with van der Waals surface area (Å²) in [6.07, 6.45) is -0.377. The molecule has 1 aliphatic heterocycles. The Bertz CT molecular complexity index is 1080. The van der Waals surface area contributed by atoms with E-state index in [9.17, 15) is 23.7 Å². The maximum absolute atomic E-state index is 11.8. The molecule has 0 spiro atoms. The van der Waals surface area contributed by atoms with Crippen LogP contribution in [0, 0.1) is 6.92 Å². The van der Waals surface area contributed by atoms with Gasteiger partial charge in [0.25, 0.3) is 0 Å². The SMILES string of the molecule is [CH2-]C.[NH-]c1ncnc2c1ccn2[C@H]1CC(O)[C@@H](COP(=O)(O)OP(=O)(O)OP(=O)(O)O)O1.[Y]. The van der Waals surface area contributed by atoms with Crippen LogP contribution in [0.2, 0.25) is 0 Å². The van der Waals surface area contributed by atoms with Gasteiger partial charge in [-0.1, -0.05) is 5.82 Å². The first kappa shape index (κ1) is 30.9. The van der Waals surface area contributed by atoms with Crippen LogP contribution in [0.25, 0.3) is 16.8 Å². The van der Waals surface area contributed by atoms with Gasteiger partial charge in [0.15, 0.2) is 0 Å². The number of ether oxygens (including phenoxy) is 1. The second-order valence-electron chi connectivity index (χ2n) is 6.00. The van der Waals surface area contributed by atoms with Crippen molar-refractivity contribution in [3.8, 4) is 0 Å². The molecule has 16 nitrogen and oxygen atoms in total. The van der Waals surface area contributed by atoms with E-state index in [4.69, 9.17) is 25.2 Å². The minimum atomic E-state index is -5.64. The van der Waals surface area contributed by atoms with Crippen LogP contribution in [0.15, 0.2) is 18.6 Å². The van der Waals surface area contributed by atoms with Crippen molar-refractivity contribution in [1.29, 1.82) is 0 Å². The maximum Gasteiger partial charge on any atom is 0.490 e. The molecule has 3 heterocycles. The summed E-state index contributed by atoms with van der Waals surface area (Å²) < 4.78 is 52.4. The number of aromatic nitrogens is 3. The fourth-order valence-electron chi connectivity index (χ4n) is 2.71. The Morgan fingerprint density at radius 3 is 2.42 bits per heavy atom. The van der Waals surface area contributed by atoms with Gasteiger partial charge in [-0.3, -0.25) is 4.52 Å². The van der Waals surface area contributed by atoms with Crippen molar-refractivity contribution in [2.45, 2.75) is 31.8 Å². The van der Waals surface area contributed by atoms with Crippen molar-refractivity contribution in [2.75, 3.05) is 6.61 Å². The van der Waals surface area contributed by atoms with Crippen molar-refractivity contribution in [1.82, 2.24) is 14.5 Å². The van der Waals surface area contributed by atoms with Gasteiger partial charge < -0.3 is 51.6 Å². The van der Waals surface area contributed by atoms with Crippen LogP contribution < -0.4 is 0 Å². The van der Waals surface area contributed by atoms with Crippen molar-refractivity contribution in [2.24, 2.45) is 0 Å². The fraction of sp³-hybridized carbons (Fsp3) is 0.462. The number of aliphatic hydroxyl groups is 1. The Hall–Kier alpha value is -0.146. The summed E-state index contributed by atoms with van der Waals surface area (Å²) in [5.41, 5.74) is 8.10. The Morgan fingerprint density at radius 2 is 1.82 bits per heavy atom. The molecule has 1 fully saturated rings. The first-order valence-corrected chi connectivity index (χ1v) is 13.1. The number of hydrogen-bond acceptors (Lipinski definition) is 10. The summed E-state index contributed by atoms with van der Waals surface area (Å²) in [4.78, 5) is 43.4. The predicted molar refractivity (Wildman–Crippen MR) is 107 cm³/mol. The molecule has 33 heavy (non-hydrogen) atoms. The number of rotatable bonds is 8. The first-order chi connectivity index (χ1) is 14.8. The molecule has 0 aromatic carbocycles. The third-order valence-corrected chi connectivity index (χ3v) is 7.64. The standard InChI is InChI=1S/C11H16N4O12P3.C2H5.Y/c12-10-6-1-2-15(11(6)14-5-13-10)9-3-7(16)8(25-9)4-24-29(20,21)27-30(22,23)26-28(17,18)19;1-2;/h1-2,5,7-9,16H,3-4H2,(H5-,12,13,14,17,18,19,20,21,22,23);1H2,2H3;/q2*-1;/t7?,8-,9-;;/m1../s1. The molecule has 0 bridgehead atoms.